The molecular weight excluding hydrogens is 465 g/mol. The smallest absolute Gasteiger partial charge is 0.270 e. The van der Waals surface area contributed by atoms with Crippen LogP contribution in [0.1, 0.15) is 47.7 Å². The van der Waals surface area contributed by atoms with Gasteiger partial charge in [0.2, 0.25) is 5.91 Å². The lowest BCUT2D eigenvalue weighted by molar-refractivity contribution is -0.384. The predicted octanol–water partition coefficient (Wildman–Crippen LogP) is 4.83. The topological polar surface area (TPSA) is 101 Å². The van der Waals surface area contributed by atoms with Crippen LogP contribution in [0.5, 0.6) is 0 Å². The van der Waals surface area contributed by atoms with E-state index in [0.717, 1.165) is 16.5 Å². The standard InChI is InChI=1S/C27H24FN3O5/c1-17(2)19-8-12-22(13-9-19)30-25(32)15-24(27(30)34)29(16-18-6-10-21(28)11-7-18)26(33)20-4-3-5-23(14-20)31(35)36/h3-14,17,24H,15-16H2,1-2H3. The normalized spacial score (nSPS) is 15.4. The number of imide groups is 1. The number of hydrogen-bond acceptors (Lipinski definition) is 5. The Kier molecular flexibility index (Phi) is 6.91. The fourth-order valence-electron chi connectivity index (χ4n) is 4.17. The van der Waals surface area contributed by atoms with Gasteiger partial charge in [-0.15, -0.1) is 0 Å². The minimum Gasteiger partial charge on any atom is -0.322 e. The predicted molar refractivity (Wildman–Crippen MR) is 131 cm³/mol. The van der Waals surface area contributed by atoms with Gasteiger partial charge in [0.25, 0.3) is 17.5 Å². The van der Waals surface area contributed by atoms with E-state index in [2.05, 4.69) is 0 Å². The van der Waals surface area contributed by atoms with Gasteiger partial charge in [-0.2, -0.15) is 0 Å². The monoisotopic (exact) mass is 489 g/mol. The molecule has 1 unspecified atom stereocenters. The molecule has 1 saturated heterocycles. The van der Waals surface area contributed by atoms with Crippen molar-refractivity contribution in [2.75, 3.05) is 4.90 Å². The quantitative estimate of drug-likeness (QED) is 0.269. The van der Waals surface area contributed by atoms with E-state index < -0.39 is 34.5 Å². The van der Waals surface area contributed by atoms with Gasteiger partial charge < -0.3 is 4.90 Å². The Hall–Kier alpha value is -4.40. The summed E-state index contributed by atoms with van der Waals surface area (Å²) in [5.41, 5.74) is 1.72. The highest BCUT2D eigenvalue weighted by molar-refractivity contribution is 6.23. The molecule has 0 aromatic heterocycles. The fourth-order valence-corrected chi connectivity index (χ4v) is 4.17. The third-order valence-corrected chi connectivity index (χ3v) is 6.15. The van der Waals surface area contributed by atoms with Gasteiger partial charge in [-0.1, -0.05) is 44.2 Å². The summed E-state index contributed by atoms with van der Waals surface area (Å²) in [6.45, 7) is 3.97. The number of benzene rings is 3. The van der Waals surface area contributed by atoms with Gasteiger partial charge in [-0.3, -0.25) is 24.5 Å². The summed E-state index contributed by atoms with van der Waals surface area (Å²) in [7, 11) is 0. The molecule has 36 heavy (non-hydrogen) atoms. The van der Waals surface area contributed by atoms with E-state index in [1.165, 1.54) is 47.4 Å². The molecule has 3 amide bonds. The number of nitro benzene ring substituents is 1. The van der Waals surface area contributed by atoms with Crippen molar-refractivity contribution in [1.82, 2.24) is 4.90 Å². The average molecular weight is 490 g/mol. The lowest BCUT2D eigenvalue weighted by atomic mass is 10.0. The van der Waals surface area contributed by atoms with Gasteiger partial charge in [-0.25, -0.2) is 9.29 Å². The van der Waals surface area contributed by atoms with Gasteiger partial charge in [0.05, 0.1) is 17.0 Å². The van der Waals surface area contributed by atoms with Crippen molar-refractivity contribution in [3.8, 4) is 0 Å². The highest BCUT2D eigenvalue weighted by Gasteiger charge is 2.44. The van der Waals surface area contributed by atoms with Gasteiger partial charge in [0.1, 0.15) is 11.9 Å². The summed E-state index contributed by atoms with van der Waals surface area (Å²) in [4.78, 5) is 52.8. The van der Waals surface area contributed by atoms with Crippen LogP contribution < -0.4 is 4.90 Å². The van der Waals surface area contributed by atoms with Crippen LogP contribution in [-0.4, -0.2) is 33.6 Å². The summed E-state index contributed by atoms with van der Waals surface area (Å²) in [5.74, 6) is -1.86. The Morgan fingerprint density at radius 2 is 1.75 bits per heavy atom. The number of nitro groups is 1. The minimum atomic E-state index is -1.13. The molecule has 1 fully saturated rings. The second-order valence-corrected chi connectivity index (χ2v) is 8.90. The Morgan fingerprint density at radius 1 is 1.08 bits per heavy atom. The zero-order valence-corrected chi connectivity index (χ0v) is 19.8. The summed E-state index contributed by atoms with van der Waals surface area (Å²) >= 11 is 0. The molecule has 0 N–H and O–H groups in total. The number of nitrogens with zero attached hydrogens (tertiary/aromatic N) is 3. The molecule has 0 radical (unpaired) electrons. The third-order valence-electron chi connectivity index (χ3n) is 6.15. The number of amides is 3. The summed E-state index contributed by atoms with van der Waals surface area (Å²) in [6.07, 6.45) is -0.243. The summed E-state index contributed by atoms with van der Waals surface area (Å²) < 4.78 is 13.4. The molecule has 0 spiro atoms. The first kappa shape index (κ1) is 24.7. The van der Waals surface area contributed by atoms with Gasteiger partial charge >= 0.3 is 0 Å². The van der Waals surface area contributed by atoms with Crippen LogP contribution in [0.15, 0.2) is 72.8 Å². The first-order valence-corrected chi connectivity index (χ1v) is 11.4. The maximum Gasteiger partial charge on any atom is 0.270 e. The maximum atomic E-state index is 13.5. The van der Waals surface area contributed by atoms with Crippen LogP contribution in [0, 0.1) is 15.9 Å². The van der Waals surface area contributed by atoms with Crippen LogP contribution >= 0.6 is 0 Å². The van der Waals surface area contributed by atoms with Crippen molar-refractivity contribution in [2.24, 2.45) is 0 Å². The van der Waals surface area contributed by atoms with Crippen molar-refractivity contribution in [2.45, 2.75) is 38.8 Å². The van der Waals surface area contributed by atoms with Crippen molar-refractivity contribution >= 4 is 29.1 Å². The highest BCUT2D eigenvalue weighted by atomic mass is 19.1. The Balaban J connectivity index is 1.69. The Labute approximate surface area is 207 Å². The maximum absolute atomic E-state index is 13.5. The lowest BCUT2D eigenvalue weighted by Crippen LogP contribution is -2.45. The molecule has 8 nitrogen and oxygen atoms in total. The van der Waals surface area contributed by atoms with Crippen LogP contribution in [0.4, 0.5) is 15.8 Å². The lowest BCUT2D eigenvalue weighted by Gasteiger charge is -2.28. The molecule has 3 aromatic rings. The van der Waals surface area contributed by atoms with Crippen molar-refractivity contribution in [1.29, 1.82) is 0 Å². The molecule has 1 heterocycles. The molecule has 9 heteroatoms. The number of carbonyl (C=O) groups is 3. The zero-order chi connectivity index (χ0) is 26.0. The van der Waals surface area contributed by atoms with Crippen LogP contribution in [0.3, 0.4) is 0 Å². The number of rotatable bonds is 7. The highest BCUT2D eigenvalue weighted by Crippen LogP contribution is 2.29. The van der Waals surface area contributed by atoms with Crippen molar-refractivity contribution in [3.63, 3.8) is 0 Å². The van der Waals surface area contributed by atoms with E-state index in [1.807, 2.05) is 26.0 Å². The largest absolute Gasteiger partial charge is 0.322 e. The van der Waals surface area contributed by atoms with E-state index >= 15 is 0 Å². The van der Waals surface area contributed by atoms with Crippen LogP contribution in [0.2, 0.25) is 0 Å². The molecule has 0 aliphatic carbocycles. The molecule has 3 aromatic carbocycles. The van der Waals surface area contributed by atoms with E-state index in [1.54, 1.807) is 12.1 Å². The molecule has 4 rings (SSSR count). The molecule has 1 aliphatic heterocycles. The van der Waals surface area contributed by atoms with Crippen molar-refractivity contribution < 1.29 is 23.7 Å². The molecular formula is C27H24FN3O5. The van der Waals surface area contributed by atoms with E-state index in [-0.39, 0.29) is 30.1 Å². The number of hydrogen-bond donors (Lipinski definition) is 0. The number of halogens is 1. The van der Waals surface area contributed by atoms with E-state index in [9.17, 15) is 28.9 Å². The van der Waals surface area contributed by atoms with Gasteiger partial charge in [-0.05, 0) is 47.4 Å². The Morgan fingerprint density at radius 3 is 2.36 bits per heavy atom. The van der Waals surface area contributed by atoms with E-state index in [4.69, 9.17) is 0 Å². The molecule has 1 atom stereocenters. The third kappa shape index (κ3) is 5.00. The summed E-state index contributed by atoms with van der Waals surface area (Å²) in [6, 6.07) is 16.6. The first-order valence-electron chi connectivity index (χ1n) is 11.4. The number of carbonyl (C=O) groups excluding carboxylic acids is 3. The minimum absolute atomic E-state index is 0.00583. The van der Waals surface area contributed by atoms with Gasteiger partial charge in [0.15, 0.2) is 0 Å². The van der Waals surface area contributed by atoms with Gasteiger partial charge in [0, 0.05) is 24.2 Å². The second-order valence-electron chi connectivity index (χ2n) is 8.90. The fraction of sp³-hybridized carbons (Fsp3) is 0.222. The SMILES string of the molecule is CC(C)c1ccc(N2C(=O)CC(N(Cc3ccc(F)cc3)C(=O)c3cccc([N+](=O)[O-])c3)C2=O)cc1. The molecule has 0 saturated carbocycles. The van der Waals surface area contributed by atoms with Crippen LogP contribution in [-0.2, 0) is 16.1 Å². The Bertz CT molecular complexity index is 1320. The number of non-ortho nitro benzene ring substituents is 1. The first-order chi connectivity index (χ1) is 17.2. The van der Waals surface area contributed by atoms with Crippen molar-refractivity contribution in [3.05, 3.63) is 105 Å². The molecule has 0 bridgehead atoms. The molecule has 184 valence electrons. The number of anilines is 1. The zero-order valence-electron chi connectivity index (χ0n) is 19.8. The molecule has 1 aliphatic rings. The average Bonchev–Trinajstić information content (AvgIpc) is 3.16. The summed E-state index contributed by atoms with van der Waals surface area (Å²) in [5, 5.41) is 11.2. The van der Waals surface area contributed by atoms with Crippen LogP contribution in [0.25, 0.3) is 0 Å². The second kappa shape index (κ2) is 10.1. The van der Waals surface area contributed by atoms with E-state index in [0.29, 0.717) is 11.3 Å².